The molecule has 0 spiro atoms. The number of hydrogen-bond acceptors (Lipinski definition) is 4. The number of amides is 1. The molecule has 0 saturated carbocycles. The molecule has 6 nitrogen and oxygen atoms in total. The Morgan fingerprint density at radius 1 is 1.25 bits per heavy atom. The molecule has 2 aromatic heterocycles. The van der Waals surface area contributed by atoms with Gasteiger partial charge in [-0.15, -0.1) is 0 Å². The van der Waals surface area contributed by atoms with Gasteiger partial charge in [-0.25, -0.2) is 14.4 Å². The number of para-hydroxylation sites is 1. The number of aliphatic hydroxyl groups is 1. The molecule has 1 aromatic carbocycles. The van der Waals surface area contributed by atoms with Crippen molar-refractivity contribution >= 4 is 28.3 Å². The lowest BCUT2D eigenvalue weighted by molar-refractivity contribution is -0.111. The van der Waals surface area contributed by atoms with Crippen molar-refractivity contribution in [3.8, 4) is 0 Å². The molecule has 1 aliphatic rings. The lowest BCUT2D eigenvalue weighted by Crippen LogP contribution is -2.22. The average Bonchev–Trinajstić information content (AvgIpc) is 2.95. The van der Waals surface area contributed by atoms with Gasteiger partial charge in [0.05, 0.1) is 5.69 Å². The zero-order valence-electron chi connectivity index (χ0n) is 12.5. The summed E-state index contributed by atoms with van der Waals surface area (Å²) >= 11 is 0. The molecule has 0 aliphatic carbocycles. The van der Waals surface area contributed by atoms with Gasteiger partial charge in [0.25, 0.3) is 5.91 Å². The molecule has 1 aliphatic heterocycles. The van der Waals surface area contributed by atoms with Gasteiger partial charge in [0.15, 0.2) is 11.5 Å². The molecule has 1 amide bonds. The summed E-state index contributed by atoms with van der Waals surface area (Å²) in [7, 11) is 0. The van der Waals surface area contributed by atoms with Crippen LogP contribution in [0.15, 0.2) is 48.4 Å². The number of nitrogens with zero attached hydrogens (tertiary/aromatic N) is 3. The van der Waals surface area contributed by atoms with Crippen molar-refractivity contribution in [3.05, 3.63) is 60.0 Å². The number of anilines is 1. The molecule has 0 bridgehead atoms. The van der Waals surface area contributed by atoms with Crippen molar-refractivity contribution < 1.29 is 14.3 Å². The van der Waals surface area contributed by atoms with Crippen LogP contribution in [0.1, 0.15) is 12.2 Å². The van der Waals surface area contributed by atoms with Crippen LogP contribution < -0.4 is 5.32 Å². The number of aromatic nitrogens is 3. The molecular formula is C17H13FN4O2. The quantitative estimate of drug-likeness (QED) is 0.759. The number of nitrogens with one attached hydrogen (secondary N) is 1. The second kappa shape index (κ2) is 5.45. The first-order chi connectivity index (χ1) is 11.6. The van der Waals surface area contributed by atoms with E-state index < -0.39 is 11.7 Å². The topological polar surface area (TPSA) is 80.0 Å². The highest BCUT2D eigenvalue weighted by atomic mass is 19.1. The van der Waals surface area contributed by atoms with Gasteiger partial charge in [-0.2, -0.15) is 0 Å². The summed E-state index contributed by atoms with van der Waals surface area (Å²) < 4.78 is 15.5. The first-order valence-electron chi connectivity index (χ1n) is 7.45. The Morgan fingerprint density at radius 3 is 2.92 bits per heavy atom. The number of imidazole rings is 1. The minimum Gasteiger partial charge on any atom is -0.511 e. The summed E-state index contributed by atoms with van der Waals surface area (Å²) in [5.74, 6) is -0.876. The summed E-state index contributed by atoms with van der Waals surface area (Å²) in [5.41, 5.74) is 1.38. The summed E-state index contributed by atoms with van der Waals surface area (Å²) in [5, 5.41) is 12.7. The number of benzene rings is 1. The Morgan fingerprint density at radius 2 is 2.08 bits per heavy atom. The largest absolute Gasteiger partial charge is 0.511 e. The van der Waals surface area contributed by atoms with E-state index in [1.165, 1.54) is 18.2 Å². The van der Waals surface area contributed by atoms with Crippen molar-refractivity contribution in [2.45, 2.75) is 13.0 Å². The third kappa shape index (κ3) is 2.21. The second-order valence-corrected chi connectivity index (χ2v) is 5.44. The first kappa shape index (κ1) is 14.4. The normalized spacial score (nSPS) is 13.9. The van der Waals surface area contributed by atoms with E-state index in [2.05, 4.69) is 15.3 Å². The number of carbonyl (C=O) groups excluding carboxylic acids is 1. The minimum atomic E-state index is -0.603. The Bertz CT molecular complexity index is 993. The molecule has 3 heterocycles. The van der Waals surface area contributed by atoms with Gasteiger partial charge in [-0.1, -0.05) is 12.1 Å². The summed E-state index contributed by atoms with van der Waals surface area (Å²) in [4.78, 5) is 21.3. The molecule has 0 radical (unpaired) electrons. The Kier molecular flexibility index (Phi) is 3.26. The fourth-order valence-electron chi connectivity index (χ4n) is 2.81. The van der Waals surface area contributed by atoms with Gasteiger partial charge in [-0.3, -0.25) is 4.79 Å². The molecule has 120 valence electrons. The van der Waals surface area contributed by atoms with Gasteiger partial charge in [-0.05, 0) is 24.3 Å². The second-order valence-electron chi connectivity index (χ2n) is 5.44. The summed E-state index contributed by atoms with van der Waals surface area (Å²) in [6, 6.07) is 9.41. The average molecular weight is 324 g/mol. The van der Waals surface area contributed by atoms with Gasteiger partial charge in [0.1, 0.15) is 22.7 Å². The smallest absolute Gasteiger partial charge is 0.262 e. The number of fused-ring (bicyclic) bond motifs is 3. The van der Waals surface area contributed by atoms with Gasteiger partial charge >= 0.3 is 0 Å². The SMILES string of the molecule is O=C(Nc1ccccc1F)C1=C(O)CCn2c1nc1cccnc12. The molecule has 24 heavy (non-hydrogen) atoms. The fraction of sp³-hybridized carbons (Fsp3) is 0.118. The summed E-state index contributed by atoms with van der Waals surface area (Å²) in [6.07, 6.45) is 1.93. The predicted octanol–water partition coefficient (Wildman–Crippen LogP) is 2.88. The number of allylic oxidation sites excluding steroid dienone is 1. The van der Waals surface area contributed by atoms with Crippen molar-refractivity contribution in [2.24, 2.45) is 0 Å². The molecule has 0 fully saturated rings. The van der Waals surface area contributed by atoms with E-state index in [4.69, 9.17) is 0 Å². The number of rotatable bonds is 2. The van der Waals surface area contributed by atoms with E-state index in [1.807, 2.05) is 0 Å². The molecule has 3 aromatic rings. The first-order valence-corrected chi connectivity index (χ1v) is 7.45. The van der Waals surface area contributed by atoms with Crippen LogP contribution in [0, 0.1) is 5.82 Å². The third-order valence-electron chi connectivity index (χ3n) is 3.94. The van der Waals surface area contributed by atoms with Crippen LogP contribution in [-0.4, -0.2) is 25.5 Å². The monoisotopic (exact) mass is 324 g/mol. The molecule has 2 N–H and O–H groups in total. The minimum absolute atomic E-state index is 0.0440. The van der Waals surface area contributed by atoms with E-state index in [0.29, 0.717) is 23.5 Å². The van der Waals surface area contributed by atoms with Crippen LogP contribution >= 0.6 is 0 Å². The third-order valence-corrected chi connectivity index (χ3v) is 3.94. The van der Waals surface area contributed by atoms with E-state index in [9.17, 15) is 14.3 Å². The van der Waals surface area contributed by atoms with Crippen LogP contribution in [0.2, 0.25) is 0 Å². The number of hydrogen-bond donors (Lipinski definition) is 2. The fourth-order valence-corrected chi connectivity index (χ4v) is 2.81. The number of aryl methyl sites for hydroxylation is 1. The molecule has 7 heteroatoms. The Labute approximate surface area is 136 Å². The van der Waals surface area contributed by atoms with Crippen LogP contribution in [-0.2, 0) is 11.3 Å². The number of pyridine rings is 1. The maximum absolute atomic E-state index is 13.8. The highest BCUT2D eigenvalue weighted by molar-refractivity contribution is 6.25. The highest BCUT2D eigenvalue weighted by Gasteiger charge is 2.28. The van der Waals surface area contributed by atoms with Crippen LogP contribution in [0.25, 0.3) is 16.7 Å². The van der Waals surface area contributed by atoms with Gasteiger partial charge < -0.3 is 15.0 Å². The zero-order valence-corrected chi connectivity index (χ0v) is 12.5. The number of aliphatic hydroxyl groups excluding tert-OH is 1. The predicted molar refractivity (Wildman–Crippen MR) is 86.7 cm³/mol. The van der Waals surface area contributed by atoms with Crippen molar-refractivity contribution in [1.82, 2.24) is 14.5 Å². The zero-order chi connectivity index (χ0) is 16.7. The summed E-state index contributed by atoms with van der Waals surface area (Å²) in [6.45, 7) is 0.477. The van der Waals surface area contributed by atoms with Crippen LogP contribution in [0.5, 0.6) is 0 Å². The molecule has 0 atom stereocenters. The van der Waals surface area contributed by atoms with E-state index in [1.54, 1.807) is 29.0 Å². The van der Waals surface area contributed by atoms with Gasteiger partial charge in [0.2, 0.25) is 0 Å². The van der Waals surface area contributed by atoms with Crippen LogP contribution in [0.4, 0.5) is 10.1 Å². The lowest BCUT2D eigenvalue weighted by Gasteiger charge is -2.18. The standard InChI is InChI=1S/C17H13FN4O2/c18-10-4-1-2-5-11(10)21-17(24)14-13(23)7-9-22-15-12(20-16(14)22)6-3-8-19-15/h1-6,8,23H,7,9H2,(H,21,24). The maximum atomic E-state index is 13.8. The Hall–Kier alpha value is -3.22. The van der Waals surface area contributed by atoms with Crippen molar-refractivity contribution in [3.63, 3.8) is 0 Å². The maximum Gasteiger partial charge on any atom is 0.262 e. The number of carbonyl (C=O) groups is 1. The van der Waals surface area contributed by atoms with E-state index in [0.717, 1.165) is 0 Å². The number of halogens is 1. The van der Waals surface area contributed by atoms with Crippen molar-refractivity contribution in [2.75, 3.05) is 5.32 Å². The molecular weight excluding hydrogens is 311 g/mol. The van der Waals surface area contributed by atoms with Crippen LogP contribution in [0.3, 0.4) is 0 Å². The van der Waals surface area contributed by atoms with Crippen molar-refractivity contribution in [1.29, 1.82) is 0 Å². The van der Waals surface area contributed by atoms with E-state index >= 15 is 0 Å². The van der Waals surface area contributed by atoms with Gasteiger partial charge in [0, 0.05) is 19.2 Å². The Balaban J connectivity index is 1.78. The van der Waals surface area contributed by atoms with E-state index in [-0.39, 0.29) is 23.4 Å². The molecule has 4 rings (SSSR count). The molecule has 0 unspecified atom stereocenters. The lowest BCUT2D eigenvalue weighted by atomic mass is 10.1. The molecule has 0 saturated heterocycles. The highest BCUT2D eigenvalue weighted by Crippen LogP contribution is 2.29.